The van der Waals surface area contributed by atoms with Gasteiger partial charge in [-0.05, 0) is 30.9 Å². The van der Waals surface area contributed by atoms with Gasteiger partial charge in [0, 0.05) is 19.2 Å². The Morgan fingerprint density at radius 1 is 1.27 bits per heavy atom. The lowest BCUT2D eigenvalue weighted by Gasteiger charge is -2.25. The molecular weight excluding hydrogens is 338 g/mol. The van der Waals surface area contributed by atoms with Crippen LogP contribution < -0.4 is 10.5 Å². The predicted octanol–water partition coefficient (Wildman–Crippen LogP) is 2.76. The quantitative estimate of drug-likeness (QED) is 0.794. The maximum Gasteiger partial charge on any atom is 0.353 e. The molecule has 0 saturated carbocycles. The first kappa shape index (κ1) is 17.8. The minimum absolute atomic E-state index is 0.157. The predicted molar refractivity (Wildman–Crippen MR) is 94.4 cm³/mol. The summed E-state index contributed by atoms with van der Waals surface area (Å²) in [5, 5.41) is 9.43. The summed E-state index contributed by atoms with van der Waals surface area (Å²) in [5.41, 5.74) is 0.985. The van der Waals surface area contributed by atoms with Crippen molar-refractivity contribution in [2.45, 2.75) is 25.8 Å². The fourth-order valence-electron chi connectivity index (χ4n) is 3.26. The molecule has 0 N–H and O–H groups in total. The first-order valence-corrected chi connectivity index (χ1v) is 8.26. The first-order valence-electron chi connectivity index (χ1n) is 8.26. The molecule has 1 aliphatic rings. The number of nitrogens with zero attached hydrogens (tertiary/aromatic N) is 4. The molecule has 0 bridgehead atoms. The van der Waals surface area contributed by atoms with Gasteiger partial charge < -0.3 is 4.90 Å². The minimum atomic E-state index is -3.60. The fourth-order valence-corrected chi connectivity index (χ4v) is 3.26. The Morgan fingerprint density at radius 3 is 2.35 bits per heavy atom. The molecule has 0 atom stereocenters. The average Bonchev–Trinajstić information content (AvgIpc) is 2.83. The molecule has 0 aliphatic carbocycles. The normalized spacial score (nSPS) is 14.3. The first-order chi connectivity index (χ1) is 12.4. The second-order valence-electron chi connectivity index (χ2n) is 6.16. The number of halogens is 2. The van der Waals surface area contributed by atoms with Crippen LogP contribution >= 0.6 is 0 Å². The van der Waals surface area contributed by atoms with E-state index in [-0.39, 0.29) is 21.8 Å². The topological polar surface area (TPSA) is 61.9 Å². The molecule has 2 aromatic rings. The maximum atomic E-state index is 14.0. The van der Waals surface area contributed by atoms with Crippen LogP contribution in [0.1, 0.15) is 22.5 Å². The second-order valence-corrected chi connectivity index (χ2v) is 6.16. The van der Waals surface area contributed by atoms with Gasteiger partial charge in [-0.3, -0.25) is 4.79 Å². The Kier molecular flexibility index (Phi) is 4.60. The molecule has 5 nitrogen and oxygen atoms in total. The standard InChI is InChI=1S/C19H18F2N4O/c1-3-19(20,21)25-13(2)23-17(16(12-22)18(25)26)24-10-8-14-6-4-5-7-15(14)9-11-24/h3-7H,1,8-11H2,2H3. The van der Waals surface area contributed by atoms with E-state index in [9.17, 15) is 18.8 Å². The lowest BCUT2D eigenvalue weighted by atomic mass is 10.0. The molecule has 3 rings (SSSR count). The SMILES string of the molecule is C=CC(F)(F)n1c(C)nc(N2CCc3ccccc3CC2)c(C#N)c1=O. The van der Waals surface area contributed by atoms with Crippen molar-refractivity contribution in [3.63, 3.8) is 0 Å². The zero-order valence-corrected chi connectivity index (χ0v) is 14.4. The highest BCUT2D eigenvalue weighted by molar-refractivity contribution is 5.54. The third kappa shape index (κ3) is 2.99. The number of aromatic nitrogens is 2. The van der Waals surface area contributed by atoms with E-state index in [1.807, 2.05) is 29.2 Å². The van der Waals surface area contributed by atoms with Gasteiger partial charge in [-0.2, -0.15) is 14.0 Å². The van der Waals surface area contributed by atoms with Crippen LogP contribution in [0.25, 0.3) is 0 Å². The molecule has 0 saturated heterocycles. The molecule has 134 valence electrons. The van der Waals surface area contributed by atoms with Crippen molar-refractivity contribution < 1.29 is 8.78 Å². The Balaban J connectivity index is 2.06. The highest BCUT2D eigenvalue weighted by Crippen LogP contribution is 2.25. The average molecular weight is 356 g/mol. The zero-order valence-electron chi connectivity index (χ0n) is 14.4. The van der Waals surface area contributed by atoms with Crippen molar-refractivity contribution in [3.8, 4) is 6.07 Å². The van der Waals surface area contributed by atoms with E-state index in [1.165, 1.54) is 18.1 Å². The molecule has 0 radical (unpaired) electrons. The summed E-state index contributed by atoms with van der Waals surface area (Å²) in [4.78, 5) is 18.5. The van der Waals surface area contributed by atoms with Crippen molar-refractivity contribution >= 4 is 5.82 Å². The van der Waals surface area contributed by atoms with Crippen LogP contribution in [-0.4, -0.2) is 22.6 Å². The molecule has 0 fully saturated rings. The van der Waals surface area contributed by atoms with Crippen LogP contribution in [0.3, 0.4) is 0 Å². The molecule has 1 aromatic heterocycles. The number of benzene rings is 1. The third-order valence-corrected chi connectivity index (χ3v) is 4.61. The van der Waals surface area contributed by atoms with E-state index in [4.69, 9.17) is 0 Å². The van der Waals surface area contributed by atoms with Crippen molar-refractivity contribution in [1.82, 2.24) is 9.55 Å². The van der Waals surface area contributed by atoms with Crippen molar-refractivity contribution in [1.29, 1.82) is 5.26 Å². The van der Waals surface area contributed by atoms with Crippen LogP contribution in [0.5, 0.6) is 0 Å². The molecule has 7 heteroatoms. The summed E-state index contributed by atoms with van der Waals surface area (Å²) in [5.74, 6) is 0.00887. The van der Waals surface area contributed by atoms with Crippen LogP contribution in [0.4, 0.5) is 14.6 Å². The van der Waals surface area contributed by atoms with E-state index in [0.717, 1.165) is 12.8 Å². The Labute approximate surface area is 149 Å². The smallest absolute Gasteiger partial charge is 0.353 e. The van der Waals surface area contributed by atoms with Gasteiger partial charge in [0.1, 0.15) is 11.9 Å². The molecule has 1 aromatic carbocycles. The van der Waals surface area contributed by atoms with Crippen LogP contribution in [0.2, 0.25) is 0 Å². The number of hydrogen-bond acceptors (Lipinski definition) is 4. The van der Waals surface area contributed by atoms with Gasteiger partial charge >= 0.3 is 6.05 Å². The van der Waals surface area contributed by atoms with Crippen LogP contribution in [-0.2, 0) is 18.9 Å². The second kappa shape index (κ2) is 6.71. The zero-order chi connectivity index (χ0) is 18.9. The Morgan fingerprint density at radius 2 is 1.85 bits per heavy atom. The van der Waals surface area contributed by atoms with Gasteiger partial charge in [0.2, 0.25) is 0 Å². The molecule has 0 unspecified atom stereocenters. The number of alkyl halides is 2. The number of allylic oxidation sites excluding steroid dienone is 1. The van der Waals surface area contributed by atoms with Crippen molar-refractivity contribution in [2.24, 2.45) is 0 Å². The third-order valence-electron chi connectivity index (χ3n) is 4.61. The number of anilines is 1. The van der Waals surface area contributed by atoms with Gasteiger partial charge in [0.15, 0.2) is 11.4 Å². The van der Waals surface area contributed by atoms with E-state index in [2.05, 4.69) is 11.6 Å². The lowest BCUT2D eigenvalue weighted by Crippen LogP contribution is -2.39. The summed E-state index contributed by atoms with van der Waals surface area (Å²) in [7, 11) is 0. The highest BCUT2D eigenvalue weighted by Gasteiger charge is 2.33. The molecule has 0 amide bonds. The largest absolute Gasteiger partial charge is 0.355 e. The fraction of sp³-hybridized carbons (Fsp3) is 0.316. The summed E-state index contributed by atoms with van der Waals surface area (Å²) >= 11 is 0. The van der Waals surface area contributed by atoms with Gasteiger partial charge in [-0.15, -0.1) is 0 Å². The number of fused-ring (bicyclic) bond motifs is 1. The lowest BCUT2D eigenvalue weighted by molar-refractivity contribution is -0.0338. The Hall–Kier alpha value is -3.01. The number of nitriles is 1. The molecular formula is C19H18F2N4O. The summed E-state index contributed by atoms with van der Waals surface area (Å²) in [6.45, 7) is 5.50. The molecule has 1 aliphatic heterocycles. The molecule has 0 spiro atoms. The van der Waals surface area contributed by atoms with E-state index in [1.54, 1.807) is 6.07 Å². The van der Waals surface area contributed by atoms with Gasteiger partial charge in [0.25, 0.3) is 5.56 Å². The van der Waals surface area contributed by atoms with Gasteiger partial charge in [-0.1, -0.05) is 30.8 Å². The van der Waals surface area contributed by atoms with Crippen LogP contribution in [0.15, 0.2) is 41.7 Å². The summed E-state index contributed by atoms with van der Waals surface area (Å²) in [6.07, 6.45) is 1.83. The van der Waals surface area contributed by atoms with Crippen molar-refractivity contribution in [2.75, 3.05) is 18.0 Å². The van der Waals surface area contributed by atoms with E-state index < -0.39 is 11.6 Å². The van der Waals surface area contributed by atoms with Crippen LogP contribution in [0, 0.1) is 18.3 Å². The molecule has 2 heterocycles. The number of aryl methyl sites for hydroxylation is 1. The number of hydrogen-bond donors (Lipinski definition) is 0. The van der Waals surface area contributed by atoms with Gasteiger partial charge in [-0.25, -0.2) is 9.55 Å². The highest BCUT2D eigenvalue weighted by atomic mass is 19.3. The van der Waals surface area contributed by atoms with Gasteiger partial charge in [0.05, 0.1) is 0 Å². The molecule has 26 heavy (non-hydrogen) atoms. The Bertz CT molecular complexity index is 932. The van der Waals surface area contributed by atoms with E-state index in [0.29, 0.717) is 19.2 Å². The maximum absolute atomic E-state index is 14.0. The summed E-state index contributed by atoms with van der Waals surface area (Å²) in [6, 6.07) is 6.19. The number of rotatable bonds is 3. The van der Waals surface area contributed by atoms with Crippen molar-refractivity contribution in [3.05, 3.63) is 69.8 Å². The van der Waals surface area contributed by atoms with E-state index >= 15 is 0 Å². The minimum Gasteiger partial charge on any atom is -0.355 e. The monoisotopic (exact) mass is 356 g/mol. The summed E-state index contributed by atoms with van der Waals surface area (Å²) < 4.78 is 28.3.